The van der Waals surface area contributed by atoms with Gasteiger partial charge < -0.3 is 34.7 Å². The van der Waals surface area contributed by atoms with Crippen LogP contribution in [-0.2, 0) is 32.9 Å². The van der Waals surface area contributed by atoms with Crippen LogP contribution in [0.15, 0.2) is 11.0 Å². The van der Waals surface area contributed by atoms with E-state index in [9.17, 15) is 42.3 Å². The monoisotopic (exact) mass is 617 g/mol. The number of rotatable bonds is 15. The van der Waals surface area contributed by atoms with Crippen LogP contribution in [-0.4, -0.2) is 87.8 Å². The molecule has 2 heterocycles. The number of aliphatic hydroxyl groups is 2. The maximum atomic E-state index is 14.4. The number of aliphatic hydroxyl groups excluding tert-OH is 2. The predicted molar refractivity (Wildman–Crippen MR) is 135 cm³/mol. The Morgan fingerprint density at radius 1 is 1.15 bits per heavy atom. The molecule has 1 fully saturated rings. The quantitative estimate of drug-likeness (QED) is 0.131. The first-order chi connectivity index (χ1) is 19.0. The molecule has 1 aromatic rings. The van der Waals surface area contributed by atoms with Gasteiger partial charge in [-0.25, -0.2) is 28.1 Å². The van der Waals surface area contributed by atoms with Crippen molar-refractivity contribution in [2.24, 2.45) is 0 Å². The number of anilines is 1. The fourth-order valence-corrected chi connectivity index (χ4v) is 5.12. The molecule has 0 amide bonds. The molecule has 0 aromatic carbocycles. The standard InChI is InChI=1S/C22H35F3N5O10P/c1-11(2)38-14(31)5-7-27-41(36,28-8-6-15(32)39-12(3)4)37-10-22(20(24)25)17(34)16(33)19(40-22)30-9-13(23)18(26)29-21(30)35/h9,11-12,16-17,19-20,33-34H,5-8,10H2,1-4H3,(H2,26,29,35)(H2,27,28,36)/t16-,17+,19-,22-/m1/s1. The number of hydrogen-bond acceptors (Lipinski definition) is 12. The number of nitrogens with one attached hydrogen (secondary N) is 2. The summed E-state index contributed by atoms with van der Waals surface area (Å²) in [7, 11) is -4.38. The minimum atomic E-state index is -4.38. The number of carbonyl (C=O) groups is 2. The first-order valence-corrected chi connectivity index (χ1v) is 14.1. The van der Waals surface area contributed by atoms with Gasteiger partial charge in [-0.1, -0.05) is 0 Å². The van der Waals surface area contributed by atoms with Gasteiger partial charge in [0.1, 0.15) is 12.2 Å². The molecule has 0 spiro atoms. The molecule has 0 saturated carbocycles. The third kappa shape index (κ3) is 9.19. The summed E-state index contributed by atoms with van der Waals surface area (Å²) >= 11 is 0. The number of nitrogens with zero attached hydrogens (tertiary/aromatic N) is 2. The summed E-state index contributed by atoms with van der Waals surface area (Å²) < 4.78 is 76.8. The lowest BCUT2D eigenvalue weighted by Crippen LogP contribution is -2.53. The van der Waals surface area contributed by atoms with Crippen LogP contribution >= 0.6 is 7.67 Å². The highest BCUT2D eigenvalue weighted by molar-refractivity contribution is 7.54. The van der Waals surface area contributed by atoms with Crippen molar-refractivity contribution in [2.45, 2.75) is 83.2 Å². The molecular weight excluding hydrogens is 582 g/mol. The number of nitrogens with two attached hydrogens (primary N) is 1. The summed E-state index contributed by atoms with van der Waals surface area (Å²) in [5.41, 5.74) is 0.865. The van der Waals surface area contributed by atoms with E-state index in [4.69, 9.17) is 24.5 Å². The average Bonchev–Trinajstić information content (AvgIpc) is 3.10. The SMILES string of the molecule is CC(C)OC(=O)CCNP(=O)(NCCC(=O)OC(C)C)OC[C@@]1(C(F)F)O[C@@H](n2cc(F)c(N)nc2=O)[C@H](O)[C@@H]1O. The van der Waals surface area contributed by atoms with Crippen molar-refractivity contribution < 1.29 is 56.3 Å². The highest BCUT2D eigenvalue weighted by atomic mass is 31.2. The Morgan fingerprint density at radius 2 is 1.66 bits per heavy atom. The second-order valence-corrected chi connectivity index (χ2v) is 11.6. The lowest BCUT2D eigenvalue weighted by molar-refractivity contribution is -0.192. The second kappa shape index (κ2) is 14.5. The topological polar surface area (TPSA) is 214 Å². The predicted octanol–water partition coefficient (Wildman–Crippen LogP) is 0.206. The van der Waals surface area contributed by atoms with Crippen LogP contribution in [0.25, 0.3) is 0 Å². The van der Waals surface area contributed by atoms with E-state index in [2.05, 4.69) is 15.2 Å². The molecule has 1 saturated heterocycles. The molecular formula is C22H35F3N5O10P. The van der Waals surface area contributed by atoms with Gasteiger partial charge in [-0.2, -0.15) is 4.98 Å². The second-order valence-electron chi connectivity index (χ2n) is 9.58. The molecule has 0 bridgehead atoms. The summed E-state index contributed by atoms with van der Waals surface area (Å²) in [5.74, 6) is -3.36. The number of esters is 2. The Kier molecular flexibility index (Phi) is 12.3. The van der Waals surface area contributed by atoms with Crippen molar-refractivity contribution in [1.82, 2.24) is 19.7 Å². The molecule has 41 heavy (non-hydrogen) atoms. The van der Waals surface area contributed by atoms with E-state index in [1.54, 1.807) is 27.7 Å². The molecule has 0 unspecified atom stereocenters. The van der Waals surface area contributed by atoms with E-state index in [1.165, 1.54) is 0 Å². The van der Waals surface area contributed by atoms with Crippen LogP contribution in [0.2, 0.25) is 0 Å². The lowest BCUT2D eigenvalue weighted by Gasteiger charge is -2.32. The van der Waals surface area contributed by atoms with Crippen molar-refractivity contribution in [3.8, 4) is 0 Å². The van der Waals surface area contributed by atoms with Crippen LogP contribution in [0.1, 0.15) is 46.8 Å². The molecule has 6 N–H and O–H groups in total. The average molecular weight is 618 g/mol. The van der Waals surface area contributed by atoms with Crippen molar-refractivity contribution in [3.63, 3.8) is 0 Å². The molecule has 1 aliphatic rings. The minimum Gasteiger partial charge on any atom is -0.463 e. The van der Waals surface area contributed by atoms with Crippen molar-refractivity contribution in [1.29, 1.82) is 0 Å². The Hall–Kier alpha value is -2.60. The van der Waals surface area contributed by atoms with Crippen molar-refractivity contribution in [3.05, 3.63) is 22.5 Å². The van der Waals surface area contributed by atoms with Crippen LogP contribution in [0.4, 0.5) is 19.0 Å². The first kappa shape index (κ1) is 34.6. The normalized spacial score (nSPS) is 23.0. The molecule has 2 rings (SSSR count). The van der Waals surface area contributed by atoms with Gasteiger partial charge in [0.05, 0.1) is 37.9 Å². The summed E-state index contributed by atoms with van der Waals surface area (Å²) in [4.78, 5) is 39.1. The zero-order valence-corrected chi connectivity index (χ0v) is 23.7. The zero-order chi connectivity index (χ0) is 31.1. The third-order valence-electron chi connectivity index (χ3n) is 5.54. The maximum Gasteiger partial charge on any atom is 0.351 e. The van der Waals surface area contributed by atoms with Gasteiger partial charge in [-0.3, -0.25) is 18.7 Å². The highest BCUT2D eigenvalue weighted by Crippen LogP contribution is 2.45. The molecule has 19 heteroatoms. The number of halogens is 3. The third-order valence-corrected chi connectivity index (χ3v) is 7.31. The Balaban J connectivity index is 2.25. The van der Waals surface area contributed by atoms with E-state index in [1.807, 2.05) is 0 Å². The molecule has 15 nitrogen and oxygen atoms in total. The first-order valence-electron chi connectivity index (χ1n) is 12.5. The van der Waals surface area contributed by atoms with Gasteiger partial charge in [0.15, 0.2) is 23.5 Å². The zero-order valence-electron chi connectivity index (χ0n) is 22.8. The Labute approximate surface area is 233 Å². The van der Waals surface area contributed by atoms with Gasteiger partial charge in [-0.05, 0) is 27.7 Å². The van der Waals surface area contributed by atoms with Gasteiger partial charge >= 0.3 is 25.3 Å². The fraction of sp³-hybridized carbons (Fsp3) is 0.727. The minimum absolute atomic E-state index is 0.304. The van der Waals surface area contributed by atoms with E-state index in [-0.39, 0.29) is 25.9 Å². The number of aromatic nitrogens is 2. The molecule has 0 aliphatic carbocycles. The maximum absolute atomic E-state index is 14.4. The fourth-order valence-electron chi connectivity index (χ4n) is 3.63. The largest absolute Gasteiger partial charge is 0.463 e. The van der Waals surface area contributed by atoms with Crippen LogP contribution in [0, 0.1) is 5.82 Å². The van der Waals surface area contributed by atoms with Gasteiger partial charge in [0, 0.05) is 13.1 Å². The van der Waals surface area contributed by atoms with E-state index < -0.39 is 86.2 Å². The molecule has 0 radical (unpaired) electrons. The summed E-state index contributed by atoms with van der Waals surface area (Å²) in [6, 6.07) is 0. The molecule has 234 valence electrons. The van der Waals surface area contributed by atoms with E-state index in [0.29, 0.717) is 10.8 Å². The Bertz CT molecular complexity index is 1140. The smallest absolute Gasteiger partial charge is 0.351 e. The number of hydrogen-bond donors (Lipinski definition) is 5. The molecule has 4 atom stereocenters. The van der Waals surface area contributed by atoms with Crippen LogP contribution < -0.4 is 21.6 Å². The van der Waals surface area contributed by atoms with Crippen molar-refractivity contribution in [2.75, 3.05) is 25.4 Å². The van der Waals surface area contributed by atoms with Crippen LogP contribution in [0.3, 0.4) is 0 Å². The number of nitrogen functional groups attached to an aromatic ring is 1. The summed E-state index contributed by atoms with van der Waals surface area (Å²) in [5, 5.41) is 25.8. The summed E-state index contributed by atoms with van der Waals surface area (Å²) in [6.45, 7) is 4.44. The van der Waals surface area contributed by atoms with Gasteiger partial charge in [0.2, 0.25) is 0 Å². The van der Waals surface area contributed by atoms with Crippen LogP contribution in [0.5, 0.6) is 0 Å². The number of carbonyl (C=O) groups excluding carboxylic acids is 2. The molecule has 1 aliphatic heterocycles. The van der Waals surface area contributed by atoms with E-state index >= 15 is 0 Å². The molecule has 1 aromatic heterocycles. The van der Waals surface area contributed by atoms with E-state index in [0.717, 1.165) is 0 Å². The number of ether oxygens (including phenoxy) is 3. The highest BCUT2D eigenvalue weighted by Gasteiger charge is 2.61. The lowest BCUT2D eigenvalue weighted by atomic mass is 9.96. The Morgan fingerprint density at radius 3 is 2.12 bits per heavy atom. The van der Waals surface area contributed by atoms with Crippen molar-refractivity contribution >= 4 is 25.4 Å². The van der Waals surface area contributed by atoms with Gasteiger partial charge in [0.25, 0.3) is 6.43 Å². The van der Waals surface area contributed by atoms with Gasteiger partial charge in [-0.15, -0.1) is 0 Å². The number of alkyl halides is 2. The summed E-state index contributed by atoms with van der Waals surface area (Å²) in [6.07, 6.45) is -11.3.